The minimum Gasteiger partial charge on any atom is -0.376 e. The van der Waals surface area contributed by atoms with Crippen LogP contribution >= 0.6 is 0 Å². The van der Waals surface area contributed by atoms with Gasteiger partial charge in [-0.15, -0.1) is 0 Å². The first-order chi connectivity index (χ1) is 19.4. The number of hydrogen-bond acceptors (Lipinski definition) is 5. The van der Waals surface area contributed by atoms with Gasteiger partial charge in [-0.1, -0.05) is 84.9 Å². The van der Waals surface area contributed by atoms with Gasteiger partial charge in [0.15, 0.2) is 0 Å². The normalized spacial score (nSPS) is 15.3. The molecule has 7 nitrogen and oxygen atoms in total. The Morgan fingerprint density at radius 3 is 2.33 bits per heavy atom. The standard InChI is InChI=1S/C32H35N3O4S/c1-25-11-8-9-16-28(25)24-40(37,38)32-33-20-29(35(32)21-27-14-6-3-7-15-27)22-34(23-30-17-10-18-39-30)31(36)19-26-12-4-2-5-13-26/h2-9,11-16,20,30H,10,17-19,21-24H2,1H3. The molecule has 0 spiro atoms. The Bertz CT molecular complexity index is 1530. The molecule has 2 heterocycles. The number of ether oxygens (including phenoxy) is 1. The zero-order valence-corrected chi connectivity index (χ0v) is 23.6. The lowest BCUT2D eigenvalue weighted by Gasteiger charge is -2.26. The smallest absolute Gasteiger partial charge is 0.228 e. The molecule has 4 aromatic rings. The zero-order valence-electron chi connectivity index (χ0n) is 22.8. The van der Waals surface area contributed by atoms with Crippen LogP contribution in [0, 0.1) is 6.92 Å². The fourth-order valence-electron chi connectivity index (χ4n) is 5.11. The number of sulfone groups is 1. The predicted molar refractivity (Wildman–Crippen MR) is 154 cm³/mol. The molecule has 1 fully saturated rings. The van der Waals surface area contributed by atoms with Crippen molar-refractivity contribution in [3.63, 3.8) is 0 Å². The number of hydrogen-bond donors (Lipinski definition) is 0. The average molecular weight is 558 g/mol. The molecule has 3 aromatic carbocycles. The quantitative estimate of drug-likeness (QED) is 0.260. The number of carbonyl (C=O) groups excluding carboxylic acids is 1. The van der Waals surface area contributed by atoms with Gasteiger partial charge in [0.1, 0.15) is 0 Å². The van der Waals surface area contributed by atoms with Crippen molar-refractivity contribution in [3.8, 4) is 0 Å². The first-order valence-electron chi connectivity index (χ1n) is 13.7. The van der Waals surface area contributed by atoms with Crippen molar-refractivity contribution >= 4 is 15.7 Å². The SMILES string of the molecule is Cc1ccccc1CS(=O)(=O)c1ncc(CN(CC2CCCO2)C(=O)Cc2ccccc2)n1Cc1ccccc1. The molecule has 0 N–H and O–H groups in total. The minimum atomic E-state index is -3.77. The van der Waals surface area contributed by atoms with Crippen molar-refractivity contribution in [3.05, 3.63) is 119 Å². The van der Waals surface area contributed by atoms with Gasteiger partial charge in [0.05, 0.1) is 43.3 Å². The molecule has 0 radical (unpaired) electrons. The van der Waals surface area contributed by atoms with E-state index in [0.717, 1.165) is 35.1 Å². The molecule has 1 amide bonds. The molecule has 0 aliphatic carbocycles. The molecular weight excluding hydrogens is 522 g/mol. The second-order valence-corrected chi connectivity index (χ2v) is 12.2. The maximum absolute atomic E-state index is 13.7. The number of aromatic nitrogens is 2. The summed E-state index contributed by atoms with van der Waals surface area (Å²) in [5.41, 5.74) is 4.23. The van der Waals surface area contributed by atoms with Crippen LogP contribution < -0.4 is 0 Å². The number of rotatable bonds is 11. The van der Waals surface area contributed by atoms with Gasteiger partial charge >= 0.3 is 0 Å². The fraction of sp³-hybridized carbons (Fsp3) is 0.312. The number of carbonyl (C=O) groups is 1. The van der Waals surface area contributed by atoms with Crippen molar-refractivity contribution in [2.75, 3.05) is 13.2 Å². The summed E-state index contributed by atoms with van der Waals surface area (Å²) in [5.74, 6) is -0.171. The van der Waals surface area contributed by atoms with Crippen LogP contribution in [0.3, 0.4) is 0 Å². The molecule has 0 bridgehead atoms. The highest BCUT2D eigenvalue weighted by atomic mass is 32.2. The first-order valence-corrected chi connectivity index (χ1v) is 15.3. The largest absolute Gasteiger partial charge is 0.376 e. The van der Waals surface area contributed by atoms with Crippen molar-refractivity contribution < 1.29 is 17.9 Å². The summed E-state index contributed by atoms with van der Waals surface area (Å²) in [6.45, 7) is 3.63. The Morgan fingerprint density at radius 2 is 1.65 bits per heavy atom. The highest BCUT2D eigenvalue weighted by Crippen LogP contribution is 2.23. The number of nitrogens with zero attached hydrogens (tertiary/aromatic N) is 3. The number of amides is 1. The molecular formula is C32H35N3O4S. The molecule has 1 saturated heterocycles. The monoisotopic (exact) mass is 557 g/mol. The van der Waals surface area contributed by atoms with Gasteiger partial charge < -0.3 is 14.2 Å². The Kier molecular flexibility index (Phi) is 8.77. The molecule has 1 aliphatic rings. The summed E-state index contributed by atoms with van der Waals surface area (Å²) >= 11 is 0. The van der Waals surface area contributed by atoms with E-state index in [1.165, 1.54) is 0 Å². The van der Waals surface area contributed by atoms with Crippen LogP contribution in [-0.2, 0) is 44.6 Å². The third-order valence-electron chi connectivity index (χ3n) is 7.32. The third kappa shape index (κ3) is 6.87. The van der Waals surface area contributed by atoms with Gasteiger partial charge in [0.25, 0.3) is 0 Å². The number of imidazole rings is 1. The predicted octanol–water partition coefficient (Wildman–Crippen LogP) is 4.96. The van der Waals surface area contributed by atoms with E-state index in [1.54, 1.807) is 15.7 Å². The van der Waals surface area contributed by atoms with Crippen LogP contribution in [0.25, 0.3) is 0 Å². The molecule has 5 rings (SSSR count). The Labute approximate surface area is 236 Å². The van der Waals surface area contributed by atoms with E-state index < -0.39 is 9.84 Å². The Balaban J connectivity index is 1.48. The van der Waals surface area contributed by atoms with E-state index >= 15 is 0 Å². The summed E-state index contributed by atoms with van der Waals surface area (Å²) in [7, 11) is -3.77. The topological polar surface area (TPSA) is 81.5 Å². The molecule has 1 unspecified atom stereocenters. The van der Waals surface area contributed by atoms with Crippen LogP contribution in [0.2, 0.25) is 0 Å². The van der Waals surface area contributed by atoms with Crippen LogP contribution in [0.15, 0.2) is 96.3 Å². The van der Waals surface area contributed by atoms with Gasteiger partial charge in [-0.3, -0.25) is 4.79 Å². The maximum atomic E-state index is 13.7. The van der Waals surface area contributed by atoms with Gasteiger partial charge in [-0.25, -0.2) is 13.4 Å². The minimum absolute atomic E-state index is 0.0159. The Hall–Kier alpha value is -3.75. The first kappa shape index (κ1) is 27.8. The number of benzene rings is 3. The molecule has 1 atom stereocenters. The second kappa shape index (κ2) is 12.6. The summed E-state index contributed by atoms with van der Waals surface area (Å²) in [5, 5.41) is 0.0159. The van der Waals surface area contributed by atoms with E-state index in [9.17, 15) is 13.2 Å². The van der Waals surface area contributed by atoms with Crippen molar-refractivity contribution in [2.24, 2.45) is 0 Å². The summed E-state index contributed by atoms with van der Waals surface area (Å²) < 4.78 is 35.1. The van der Waals surface area contributed by atoms with E-state index in [2.05, 4.69) is 4.98 Å². The van der Waals surface area contributed by atoms with E-state index in [-0.39, 0.29) is 35.9 Å². The molecule has 8 heteroatoms. The highest BCUT2D eigenvalue weighted by Gasteiger charge is 2.28. The summed E-state index contributed by atoms with van der Waals surface area (Å²) in [6.07, 6.45) is 3.70. The van der Waals surface area contributed by atoms with Crippen LogP contribution in [0.5, 0.6) is 0 Å². The molecule has 40 heavy (non-hydrogen) atoms. The van der Waals surface area contributed by atoms with E-state index in [4.69, 9.17) is 4.74 Å². The number of aryl methyl sites for hydroxylation is 1. The maximum Gasteiger partial charge on any atom is 0.228 e. The molecule has 0 saturated carbocycles. The zero-order chi connectivity index (χ0) is 28.0. The highest BCUT2D eigenvalue weighted by molar-refractivity contribution is 7.90. The lowest BCUT2D eigenvalue weighted by atomic mass is 10.1. The molecule has 1 aliphatic heterocycles. The third-order valence-corrected chi connectivity index (χ3v) is 8.90. The van der Waals surface area contributed by atoms with Crippen molar-refractivity contribution in [2.45, 2.75) is 56.3 Å². The fourth-order valence-corrected chi connectivity index (χ4v) is 6.70. The summed E-state index contributed by atoms with van der Waals surface area (Å²) in [4.78, 5) is 19.8. The lowest BCUT2D eigenvalue weighted by Crippen LogP contribution is -2.38. The van der Waals surface area contributed by atoms with Gasteiger partial charge in [0, 0.05) is 13.2 Å². The van der Waals surface area contributed by atoms with Gasteiger partial charge in [0.2, 0.25) is 20.9 Å². The molecule has 1 aromatic heterocycles. The van der Waals surface area contributed by atoms with Crippen molar-refractivity contribution in [1.82, 2.24) is 14.5 Å². The van der Waals surface area contributed by atoms with E-state index in [0.29, 0.717) is 25.4 Å². The summed E-state index contributed by atoms with van der Waals surface area (Å²) in [6, 6.07) is 26.9. The van der Waals surface area contributed by atoms with Crippen LogP contribution in [-0.4, -0.2) is 48.0 Å². The van der Waals surface area contributed by atoms with E-state index in [1.807, 2.05) is 91.9 Å². The van der Waals surface area contributed by atoms with Gasteiger partial charge in [-0.05, 0) is 42.0 Å². The second-order valence-electron chi connectivity index (χ2n) is 10.4. The van der Waals surface area contributed by atoms with Crippen LogP contribution in [0.1, 0.15) is 40.8 Å². The van der Waals surface area contributed by atoms with Gasteiger partial charge in [-0.2, -0.15) is 0 Å². The average Bonchev–Trinajstić information content (AvgIpc) is 3.61. The van der Waals surface area contributed by atoms with Crippen molar-refractivity contribution in [1.29, 1.82) is 0 Å². The van der Waals surface area contributed by atoms with Crippen LogP contribution in [0.4, 0.5) is 0 Å². The lowest BCUT2D eigenvalue weighted by molar-refractivity contribution is -0.132. The Morgan fingerprint density at radius 1 is 0.975 bits per heavy atom. The molecule has 208 valence electrons.